The molecule has 0 unspecified atom stereocenters. The van der Waals surface area contributed by atoms with Gasteiger partial charge >= 0.3 is 0 Å². The van der Waals surface area contributed by atoms with Crippen molar-refractivity contribution in [1.29, 1.82) is 0 Å². The maximum absolute atomic E-state index is 13.6. The zero-order chi connectivity index (χ0) is 13.0. The smallest absolute Gasteiger partial charge is 0.147 e. The van der Waals surface area contributed by atoms with Gasteiger partial charge in [-0.05, 0) is 29.7 Å². The minimum atomic E-state index is -0.323. The van der Waals surface area contributed by atoms with Crippen molar-refractivity contribution in [1.82, 2.24) is 0 Å². The highest BCUT2D eigenvalue weighted by Crippen LogP contribution is 2.25. The molecule has 94 valence electrons. The van der Waals surface area contributed by atoms with Gasteiger partial charge in [-0.1, -0.05) is 48.9 Å². The van der Waals surface area contributed by atoms with Crippen LogP contribution in [0.25, 0.3) is 0 Å². The largest absolute Gasteiger partial charge is 0.377 e. The zero-order valence-corrected chi connectivity index (χ0v) is 11.0. The molecule has 1 N–H and O–H groups in total. The fraction of sp³-hybridized carbons (Fsp3) is 0.200. The quantitative estimate of drug-likeness (QED) is 0.846. The molecule has 0 aliphatic rings. The summed E-state index contributed by atoms with van der Waals surface area (Å²) in [5.74, 6) is -0.323. The molecule has 0 fully saturated rings. The van der Waals surface area contributed by atoms with Crippen LogP contribution in [0.3, 0.4) is 0 Å². The first-order valence-electron chi connectivity index (χ1n) is 5.97. The van der Waals surface area contributed by atoms with Crippen LogP contribution in [-0.2, 0) is 13.0 Å². The second-order valence-corrected chi connectivity index (χ2v) is 4.48. The lowest BCUT2D eigenvalue weighted by molar-refractivity contribution is 0.630. The Morgan fingerprint density at radius 1 is 1.06 bits per heavy atom. The summed E-state index contributed by atoms with van der Waals surface area (Å²) in [6, 6.07) is 12.8. The third-order valence-electron chi connectivity index (χ3n) is 2.92. The minimum Gasteiger partial charge on any atom is -0.377 e. The first-order valence-corrected chi connectivity index (χ1v) is 6.35. The zero-order valence-electron chi connectivity index (χ0n) is 10.2. The normalized spacial score (nSPS) is 10.4. The van der Waals surface area contributed by atoms with E-state index in [-0.39, 0.29) is 5.82 Å². The number of hydrogen-bond acceptors (Lipinski definition) is 1. The van der Waals surface area contributed by atoms with Crippen molar-refractivity contribution in [3.63, 3.8) is 0 Å². The molecule has 0 saturated heterocycles. The number of nitrogens with one attached hydrogen (secondary N) is 1. The van der Waals surface area contributed by atoms with E-state index in [1.54, 1.807) is 12.1 Å². The average molecular weight is 264 g/mol. The van der Waals surface area contributed by atoms with Crippen molar-refractivity contribution in [3.05, 3.63) is 64.4 Å². The van der Waals surface area contributed by atoms with Crippen LogP contribution in [0.4, 0.5) is 10.1 Å². The van der Waals surface area contributed by atoms with Crippen LogP contribution in [0.1, 0.15) is 18.1 Å². The summed E-state index contributed by atoms with van der Waals surface area (Å²) in [6.07, 6.45) is 0.961. The molecule has 1 nitrogen and oxygen atoms in total. The summed E-state index contributed by atoms with van der Waals surface area (Å²) in [7, 11) is 0. The SMILES string of the molecule is CCc1ccccc1CNc1c(F)cccc1Cl. The van der Waals surface area contributed by atoms with E-state index in [1.165, 1.54) is 17.2 Å². The molecule has 0 atom stereocenters. The molecule has 0 heterocycles. The first kappa shape index (κ1) is 12.9. The Morgan fingerprint density at radius 3 is 2.44 bits per heavy atom. The predicted octanol–water partition coefficient (Wildman–Crippen LogP) is 4.65. The summed E-state index contributed by atoms with van der Waals surface area (Å²) in [4.78, 5) is 0. The second kappa shape index (κ2) is 5.87. The van der Waals surface area contributed by atoms with Gasteiger partial charge < -0.3 is 5.32 Å². The Balaban J connectivity index is 2.16. The van der Waals surface area contributed by atoms with Crippen LogP contribution in [0.5, 0.6) is 0 Å². The summed E-state index contributed by atoms with van der Waals surface area (Å²) in [5, 5.41) is 3.47. The van der Waals surface area contributed by atoms with Gasteiger partial charge in [0.25, 0.3) is 0 Å². The molecular formula is C15H15ClFN. The first-order chi connectivity index (χ1) is 8.72. The van der Waals surface area contributed by atoms with E-state index in [2.05, 4.69) is 18.3 Å². The van der Waals surface area contributed by atoms with Crippen LogP contribution in [0.2, 0.25) is 5.02 Å². The number of anilines is 1. The number of para-hydroxylation sites is 1. The highest BCUT2D eigenvalue weighted by Gasteiger charge is 2.07. The van der Waals surface area contributed by atoms with E-state index >= 15 is 0 Å². The molecule has 0 spiro atoms. The van der Waals surface area contributed by atoms with Crippen molar-refractivity contribution >= 4 is 17.3 Å². The van der Waals surface area contributed by atoms with Crippen LogP contribution < -0.4 is 5.32 Å². The highest BCUT2D eigenvalue weighted by molar-refractivity contribution is 6.33. The molecular weight excluding hydrogens is 249 g/mol. The lowest BCUT2D eigenvalue weighted by atomic mass is 10.1. The van der Waals surface area contributed by atoms with Gasteiger partial charge in [0.2, 0.25) is 0 Å². The van der Waals surface area contributed by atoms with E-state index in [0.29, 0.717) is 17.3 Å². The Labute approximate surface area is 112 Å². The molecule has 3 heteroatoms. The highest BCUT2D eigenvalue weighted by atomic mass is 35.5. The summed E-state index contributed by atoms with van der Waals surface area (Å²) in [5.41, 5.74) is 2.79. The Bertz CT molecular complexity index is 520. The molecule has 0 amide bonds. The van der Waals surface area contributed by atoms with Gasteiger partial charge in [0.1, 0.15) is 5.82 Å². The number of aryl methyl sites for hydroxylation is 1. The Morgan fingerprint density at radius 2 is 1.78 bits per heavy atom. The van der Waals surface area contributed by atoms with Crippen LogP contribution in [-0.4, -0.2) is 0 Å². The molecule has 18 heavy (non-hydrogen) atoms. The monoisotopic (exact) mass is 263 g/mol. The van der Waals surface area contributed by atoms with E-state index in [4.69, 9.17) is 11.6 Å². The van der Waals surface area contributed by atoms with Crippen molar-refractivity contribution in [2.45, 2.75) is 19.9 Å². The lowest BCUT2D eigenvalue weighted by Crippen LogP contribution is -2.04. The van der Waals surface area contributed by atoms with E-state index in [0.717, 1.165) is 6.42 Å². The minimum absolute atomic E-state index is 0.323. The third-order valence-corrected chi connectivity index (χ3v) is 3.23. The fourth-order valence-electron chi connectivity index (χ4n) is 1.93. The van der Waals surface area contributed by atoms with E-state index in [1.807, 2.05) is 18.2 Å². The van der Waals surface area contributed by atoms with Gasteiger partial charge in [-0.15, -0.1) is 0 Å². The van der Waals surface area contributed by atoms with Gasteiger partial charge in [-0.2, -0.15) is 0 Å². The fourth-order valence-corrected chi connectivity index (χ4v) is 2.16. The Kier molecular flexibility index (Phi) is 4.21. The molecule has 0 saturated carbocycles. The van der Waals surface area contributed by atoms with Crippen LogP contribution in [0.15, 0.2) is 42.5 Å². The molecule has 0 bridgehead atoms. The van der Waals surface area contributed by atoms with Gasteiger partial charge in [-0.25, -0.2) is 4.39 Å². The van der Waals surface area contributed by atoms with Gasteiger partial charge in [0.15, 0.2) is 0 Å². The van der Waals surface area contributed by atoms with Crippen molar-refractivity contribution in [2.75, 3.05) is 5.32 Å². The second-order valence-electron chi connectivity index (χ2n) is 4.07. The summed E-state index contributed by atoms with van der Waals surface area (Å²) in [6.45, 7) is 2.68. The van der Waals surface area contributed by atoms with Crippen molar-refractivity contribution < 1.29 is 4.39 Å². The molecule has 0 aromatic heterocycles. The van der Waals surface area contributed by atoms with Crippen molar-refractivity contribution in [3.8, 4) is 0 Å². The standard InChI is InChI=1S/C15H15ClFN/c1-2-11-6-3-4-7-12(11)10-18-15-13(16)8-5-9-14(15)17/h3-9,18H,2,10H2,1H3. The topological polar surface area (TPSA) is 12.0 Å². The lowest BCUT2D eigenvalue weighted by Gasteiger charge is -2.12. The number of hydrogen-bond donors (Lipinski definition) is 1. The Hall–Kier alpha value is -1.54. The maximum atomic E-state index is 13.6. The van der Waals surface area contributed by atoms with Gasteiger partial charge in [0.05, 0.1) is 10.7 Å². The van der Waals surface area contributed by atoms with Gasteiger partial charge in [-0.3, -0.25) is 0 Å². The van der Waals surface area contributed by atoms with E-state index < -0.39 is 0 Å². The molecule has 0 aliphatic carbocycles. The molecule has 2 rings (SSSR count). The van der Waals surface area contributed by atoms with Crippen LogP contribution in [0, 0.1) is 5.82 Å². The third kappa shape index (κ3) is 2.82. The van der Waals surface area contributed by atoms with Gasteiger partial charge in [0, 0.05) is 6.54 Å². The maximum Gasteiger partial charge on any atom is 0.147 e. The number of rotatable bonds is 4. The molecule has 0 aliphatic heterocycles. The summed E-state index contributed by atoms with van der Waals surface area (Å²) < 4.78 is 13.6. The van der Waals surface area contributed by atoms with Crippen molar-refractivity contribution in [2.24, 2.45) is 0 Å². The van der Waals surface area contributed by atoms with E-state index in [9.17, 15) is 4.39 Å². The molecule has 2 aromatic rings. The average Bonchev–Trinajstić information content (AvgIpc) is 2.38. The van der Waals surface area contributed by atoms with Crippen LogP contribution >= 0.6 is 11.6 Å². The summed E-state index contributed by atoms with van der Waals surface area (Å²) >= 11 is 5.97. The number of benzene rings is 2. The predicted molar refractivity (Wildman–Crippen MR) is 74.6 cm³/mol. The number of halogens is 2. The molecule has 2 aromatic carbocycles. The molecule has 0 radical (unpaired) electrons.